The first kappa shape index (κ1) is 14.2. The quantitative estimate of drug-likeness (QED) is 0.877. The van der Waals surface area contributed by atoms with Crippen LogP contribution in [-0.2, 0) is 11.2 Å². The molecule has 0 fully saturated rings. The lowest BCUT2D eigenvalue weighted by molar-refractivity contribution is -0.121. The summed E-state index contributed by atoms with van der Waals surface area (Å²) in [5.74, 6) is 0.0671. The van der Waals surface area contributed by atoms with Gasteiger partial charge >= 0.3 is 0 Å². The highest BCUT2D eigenvalue weighted by Crippen LogP contribution is 2.15. The van der Waals surface area contributed by atoms with E-state index in [0.29, 0.717) is 12.8 Å². The minimum atomic E-state index is 0.0550. The van der Waals surface area contributed by atoms with Crippen LogP contribution in [0.5, 0.6) is 0 Å². The van der Waals surface area contributed by atoms with Gasteiger partial charge in [0.15, 0.2) is 0 Å². The van der Waals surface area contributed by atoms with Crippen LogP contribution in [0.2, 0.25) is 0 Å². The van der Waals surface area contributed by atoms with E-state index in [4.69, 9.17) is 0 Å². The van der Waals surface area contributed by atoms with Crippen LogP contribution in [0.4, 0.5) is 0 Å². The van der Waals surface area contributed by atoms with E-state index < -0.39 is 0 Å². The molecule has 0 aromatic carbocycles. The number of pyridine rings is 2. The fraction of sp³-hybridized carbons (Fsp3) is 0.312. The van der Waals surface area contributed by atoms with Crippen LogP contribution in [0.3, 0.4) is 0 Å². The summed E-state index contributed by atoms with van der Waals surface area (Å²) in [6, 6.07) is 7.81. The van der Waals surface area contributed by atoms with Gasteiger partial charge in [-0.2, -0.15) is 0 Å². The first-order chi connectivity index (χ1) is 9.79. The summed E-state index contributed by atoms with van der Waals surface area (Å²) in [5, 5.41) is 3.07. The summed E-state index contributed by atoms with van der Waals surface area (Å²) >= 11 is 0. The van der Waals surface area contributed by atoms with E-state index in [-0.39, 0.29) is 11.9 Å². The Hall–Kier alpha value is -2.23. The van der Waals surface area contributed by atoms with Gasteiger partial charge < -0.3 is 5.32 Å². The van der Waals surface area contributed by atoms with Gasteiger partial charge in [0.25, 0.3) is 0 Å². The van der Waals surface area contributed by atoms with Crippen molar-refractivity contribution in [2.45, 2.75) is 32.2 Å². The second kappa shape index (κ2) is 7.38. The van der Waals surface area contributed by atoms with Crippen molar-refractivity contribution in [2.75, 3.05) is 0 Å². The predicted molar refractivity (Wildman–Crippen MR) is 78.0 cm³/mol. The molecule has 0 aliphatic heterocycles. The molecule has 0 spiro atoms. The van der Waals surface area contributed by atoms with E-state index in [0.717, 1.165) is 17.5 Å². The highest BCUT2D eigenvalue weighted by molar-refractivity contribution is 5.76. The van der Waals surface area contributed by atoms with Crippen LogP contribution in [0.1, 0.15) is 36.9 Å². The summed E-state index contributed by atoms with van der Waals surface area (Å²) in [6.45, 7) is 2.06. The van der Waals surface area contributed by atoms with E-state index in [9.17, 15) is 4.79 Å². The van der Waals surface area contributed by atoms with Crippen molar-refractivity contribution >= 4 is 5.91 Å². The van der Waals surface area contributed by atoms with E-state index in [1.54, 1.807) is 24.8 Å². The molecule has 1 atom stereocenters. The number of aromatic nitrogens is 2. The molecule has 20 heavy (non-hydrogen) atoms. The maximum absolute atomic E-state index is 12.0. The molecule has 2 aromatic rings. The first-order valence-corrected chi connectivity index (χ1v) is 6.87. The third-order valence-electron chi connectivity index (χ3n) is 3.22. The summed E-state index contributed by atoms with van der Waals surface area (Å²) in [7, 11) is 0. The highest BCUT2D eigenvalue weighted by atomic mass is 16.1. The lowest BCUT2D eigenvalue weighted by Crippen LogP contribution is -2.28. The molecule has 2 aromatic heterocycles. The lowest BCUT2D eigenvalue weighted by Gasteiger charge is -2.17. The minimum absolute atomic E-state index is 0.0550. The van der Waals surface area contributed by atoms with Crippen LogP contribution >= 0.6 is 0 Å². The second-order valence-electron chi connectivity index (χ2n) is 4.67. The van der Waals surface area contributed by atoms with E-state index >= 15 is 0 Å². The van der Waals surface area contributed by atoms with Gasteiger partial charge in [-0.3, -0.25) is 14.8 Å². The third-order valence-corrected chi connectivity index (χ3v) is 3.22. The second-order valence-corrected chi connectivity index (χ2v) is 4.67. The summed E-state index contributed by atoms with van der Waals surface area (Å²) in [6.07, 6.45) is 9.09. The Bertz CT molecular complexity index is 528. The van der Waals surface area contributed by atoms with Crippen molar-refractivity contribution in [3.05, 3.63) is 60.2 Å². The molecule has 0 bridgehead atoms. The maximum atomic E-state index is 12.0. The monoisotopic (exact) mass is 269 g/mol. The van der Waals surface area contributed by atoms with Crippen LogP contribution in [0, 0.1) is 0 Å². The van der Waals surface area contributed by atoms with Gasteiger partial charge in [-0.1, -0.05) is 13.0 Å². The van der Waals surface area contributed by atoms with Crippen molar-refractivity contribution in [3.63, 3.8) is 0 Å². The van der Waals surface area contributed by atoms with Crippen molar-refractivity contribution in [2.24, 2.45) is 0 Å². The summed E-state index contributed by atoms with van der Waals surface area (Å²) in [5.41, 5.74) is 2.18. The number of nitrogens with one attached hydrogen (secondary N) is 1. The van der Waals surface area contributed by atoms with Gasteiger partial charge in [0.2, 0.25) is 5.91 Å². The molecule has 1 amide bonds. The molecule has 104 valence electrons. The normalized spacial score (nSPS) is 11.8. The molecule has 0 radical (unpaired) electrons. The van der Waals surface area contributed by atoms with Gasteiger partial charge in [-0.05, 0) is 42.2 Å². The maximum Gasteiger partial charge on any atom is 0.220 e. The van der Waals surface area contributed by atoms with Gasteiger partial charge in [-0.25, -0.2) is 0 Å². The van der Waals surface area contributed by atoms with Crippen LogP contribution in [-0.4, -0.2) is 15.9 Å². The van der Waals surface area contributed by atoms with Crippen LogP contribution in [0.25, 0.3) is 0 Å². The fourth-order valence-electron chi connectivity index (χ4n) is 2.09. The molecule has 2 heterocycles. The molecule has 0 aliphatic carbocycles. The van der Waals surface area contributed by atoms with E-state index in [2.05, 4.69) is 22.2 Å². The number of carbonyl (C=O) groups excluding carboxylic acids is 1. The molecular weight excluding hydrogens is 250 g/mol. The largest absolute Gasteiger partial charge is 0.349 e. The molecule has 0 saturated heterocycles. The number of amides is 1. The molecule has 0 unspecified atom stereocenters. The molecule has 4 nitrogen and oxygen atoms in total. The lowest BCUT2D eigenvalue weighted by atomic mass is 10.1. The number of hydrogen-bond acceptors (Lipinski definition) is 3. The van der Waals surface area contributed by atoms with Gasteiger partial charge in [0.1, 0.15) is 0 Å². The van der Waals surface area contributed by atoms with Crippen molar-refractivity contribution in [1.29, 1.82) is 0 Å². The van der Waals surface area contributed by atoms with Crippen LogP contribution < -0.4 is 5.32 Å². The van der Waals surface area contributed by atoms with E-state index in [1.165, 1.54) is 0 Å². The van der Waals surface area contributed by atoms with Crippen molar-refractivity contribution in [3.8, 4) is 0 Å². The Morgan fingerprint density at radius 2 is 2.00 bits per heavy atom. The molecule has 1 N–H and O–H groups in total. The zero-order chi connectivity index (χ0) is 14.2. The highest BCUT2D eigenvalue weighted by Gasteiger charge is 2.12. The number of hydrogen-bond donors (Lipinski definition) is 1. The molecule has 0 aliphatic rings. The molecule has 4 heteroatoms. The molecular formula is C16H19N3O. The third kappa shape index (κ3) is 4.16. The smallest absolute Gasteiger partial charge is 0.220 e. The van der Waals surface area contributed by atoms with E-state index in [1.807, 2.05) is 24.3 Å². The minimum Gasteiger partial charge on any atom is -0.349 e. The SMILES string of the molecule is CC[C@H](NC(=O)CCc1cccnc1)c1ccncc1. The number of aryl methyl sites for hydroxylation is 1. The Morgan fingerprint density at radius 1 is 1.20 bits per heavy atom. The first-order valence-electron chi connectivity index (χ1n) is 6.87. The average molecular weight is 269 g/mol. The zero-order valence-electron chi connectivity index (χ0n) is 11.6. The zero-order valence-corrected chi connectivity index (χ0v) is 11.6. The number of carbonyl (C=O) groups is 1. The Balaban J connectivity index is 1.87. The Kier molecular flexibility index (Phi) is 5.24. The van der Waals surface area contributed by atoms with Gasteiger partial charge in [0, 0.05) is 31.2 Å². The standard InChI is InChI=1S/C16H19N3O/c1-2-15(14-7-10-17-11-8-14)19-16(20)6-5-13-4-3-9-18-12-13/h3-4,7-12,15H,2,5-6H2,1H3,(H,19,20)/t15-/m0/s1. The fourth-order valence-corrected chi connectivity index (χ4v) is 2.09. The molecule has 0 saturated carbocycles. The van der Waals surface area contributed by atoms with Crippen LogP contribution in [0.15, 0.2) is 49.1 Å². The van der Waals surface area contributed by atoms with Crippen molar-refractivity contribution < 1.29 is 4.79 Å². The van der Waals surface area contributed by atoms with Gasteiger partial charge in [-0.15, -0.1) is 0 Å². The summed E-state index contributed by atoms with van der Waals surface area (Å²) in [4.78, 5) is 20.1. The molecule has 2 rings (SSSR count). The number of nitrogens with zero attached hydrogens (tertiary/aromatic N) is 2. The Labute approximate surface area is 119 Å². The van der Waals surface area contributed by atoms with Crippen molar-refractivity contribution in [1.82, 2.24) is 15.3 Å². The topological polar surface area (TPSA) is 54.9 Å². The predicted octanol–water partition coefficient (Wildman–Crippen LogP) is 2.68. The Morgan fingerprint density at radius 3 is 2.65 bits per heavy atom. The summed E-state index contributed by atoms with van der Waals surface area (Å²) < 4.78 is 0. The van der Waals surface area contributed by atoms with Gasteiger partial charge in [0.05, 0.1) is 6.04 Å². The number of rotatable bonds is 6. The average Bonchev–Trinajstić information content (AvgIpc) is 2.52.